The lowest BCUT2D eigenvalue weighted by molar-refractivity contribution is 0.556. The number of rotatable bonds is 2. The van der Waals surface area contributed by atoms with Gasteiger partial charge in [0.25, 0.3) is 0 Å². The van der Waals surface area contributed by atoms with Crippen molar-refractivity contribution in [1.29, 1.82) is 0 Å². The topological polar surface area (TPSA) is 47.3 Å². The van der Waals surface area contributed by atoms with Crippen LogP contribution in [0, 0.1) is 20.8 Å². The fourth-order valence-electron chi connectivity index (χ4n) is 2.70. The minimum absolute atomic E-state index is 0.274. The summed E-state index contributed by atoms with van der Waals surface area (Å²) in [6, 6.07) is 12.3. The van der Waals surface area contributed by atoms with Gasteiger partial charge in [0.05, 0.1) is 4.90 Å². The molecule has 108 valence electrons. The zero-order valence-electron chi connectivity index (χ0n) is 12.2. The third-order valence-corrected chi connectivity index (χ3v) is 5.50. The van der Waals surface area contributed by atoms with Crippen molar-refractivity contribution >= 4 is 20.8 Å². The molecule has 3 rings (SSSR count). The third-order valence-electron chi connectivity index (χ3n) is 3.56. The Morgan fingerprint density at radius 3 is 2.29 bits per heavy atom. The van der Waals surface area contributed by atoms with E-state index in [0.29, 0.717) is 16.7 Å². The number of sulfone groups is 1. The molecule has 2 aromatic carbocycles. The van der Waals surface area contributed by atoms with Crippen LogP contribution in [0.15, 0.2) is 56.7 Å². The molecule has 1 aromatic heterocycles. The average molecular weight is 300 g/mol. The minimum atomic E-state index is -3.58. The molecule has 0 N–H and O–H groups in total. The number of benzene rings is 2. The molecule has 0 radical (unpaired) electrons. The summed E-state index contributed by atoms with van der Waals surface area (Å²) in [7, 11) is -3.58. The minimum Gasteiger partial charge on any atom is -0.460 e. The standard InChI is InChI=1S/C17H16O3S/c1-11-9-12(2)16-15(10-11)17(13(3)20-16)21(18,19)14-7-5-4-6-8-14/h4-10H,1-3H3. The second-order valence-corrected chi connectivity index (χ2v) is 7.15. The lowest BCUT2D eigenvalue weighted by Crippen LogP contribution is -2.02. The molecular formula is C17H16O3S. The van der Waals surface area contributed by atoms with Gasteiger partial charge in [-0.25, -0.2) is 8.42 Å². The molecule has 0 spiro atoms. The van der Waals surface area contributed by atoms with E-state index in [1.54, 1.807) is 37.3 Å². The third kappa shape index (κ3) is 2.16. The number of aryl methyl sites for hydroxylation is 3. The summed E-state index contributed by atoms with van der Waals surface area (Å²) < 4.78 is 31.5. The molecule has 0 amide bonds. The monoisotopic (exact) mass is 300 g/mol. The van der Waals surface area contributed by atoms with Gasteiger partial charge in [0.15, 0.2) is 0 Å². The first-order chi connectivity index (χ1) is 9.91. The lowest BCUT2D eigenvalue weighted by atomic mass is 10.1. The molecule has 21 heavy (non-hydrogen) atoms. The van der Waals surface area contributed by atoms with Crippen LogP contribution in [-0.2, 0) is 9.84 Å². The molecule has 1 heterocycles. The molecule has 0 aliphatic heterocycles. The first kappa shape index (κ1) is 13.9. The van der Waals surface area contributed by atoms with Gasteiger partial charge in [-0.1, -0.05) is 24.3 Å². The van der Waals surface area contributed by atoms with E-state index < -0.39 is 9.84 Å². The normalized spacial score (nSPS) is 12.0. The Kier molecular flexibility index (Phi) is 3.14. The van der Waals surface area contributed by atoms with E-state index in [9.17, 15) is 8.42 Å². The quantitative estimate of drug-likeness (QED) is 0.713. The zero-order chi connectivity index (χ0) is 15.2. The molecule has 3 nitrogen and oxygen atoms in total. The molecule has 0 fully saturated rings. The maximum atomic E-state index is 12.9. The molecule has 0 saturated heterocycles. The number of hydrogen-bond acceptors (Lipinski definition) is 3. The van der Waals surface area contributed by atoms with Crippen LogP contribution in [-0.4, -0.2) is 8.42 Å². The molecule has 0 aliphatic carbocycles. The van der Waals surface area contributed by atoms with Crippen molar-refractivity contribution in [3.8, 4) is 0 Å². The van der Waals surface area contributed by atoms with E-state index in [2.05, 4.69) is 0 Å². The van der Waals surface area contributed by atoms with Crippen molar-refractivity contribution in [2.45, 2.75) is 30.6 Å². The second kappa shape index (κ2) is 4.74. The van der Waals surface area contributed by atoms with Crippen molar-refractivity contribution in [2.24, 2.45) is 0 Å². The fourth-order valence-corrected chi connectivity index (χ4v) is 4.31. The van der Waals surface area contributed by atoms with E-state index in [1.807, 2.05) is 26.0 Å². The Balaban J connectivity index is 2.38. The molecule has 0 atom stereocenters. The number of hydrogen-bond donors (Lipinski definition) is 0. The van der Waals surface area contributed by atoms with Gasteiger partial charge in [-0.2, -0.15) is 0 Å². The van der Waals surface area contributed by atoms with Gasteiger partial charge in [0.2, 0.25) is 9.84 Å². The zero-order valence-corrected chi connectivity index (χ0v) is 13.0. The second-order valence-electron chi connectivity index (χ2n) is 5.26. The summed E-state index contributed by atoms with van der Waals surface area (Å²) in [6.45, 7) is 5.58. The lowest BCUT2D eigenvalue weighted by Gasteiger charge is -2.04. The number of fused-ring (bicyclic) bond motifs is 1. The van der Waals surface area contributed by atoms with Gasteiger partial charge >= 0.3 is 0 Å². The summed E-state index contributed by atoms with van der Waals surface area (Å²) in [6.07, 6.45) is 0. The van der Waals surface area contributed by atoms with E-state index in [1.165, 1.54) is 0 Å². The van der Waals surface area contributed by atoms with Gasteiger partial charge in [-0.3, -0.25) is 0 Å². The van der Waals surface area contributed by atoms with E-state index in [0.717, 1.165) is 11.1 Å². The van der Waals surface area contributed by atoms with Crippen LogP contribution in [0.2, 0.25) is 0 Å². The van der Waals surface area contributed by atoms with Crippen LogP contribution in [0.3, 0.4) is 0 Å². The maximum Gasteiger partial charge on any atom is 0.210 e. The fraction of sp³-hybridized carbons (Fsp3) is 0.176. The summed E-state index contributed by atoms with van der Waals surface area (Å²) in [5.74, 6) is 0.433. The maximum absolute atomic E-state index is 12.9. The van der Waals surface area contributed by atoms with Crippen LogP contribution in [0.1, 0.15) is 16.9 Å². The predicted octanol–water partition coefficient (Wildman–Crippen LogP) is 4.19. The smallest absolute Gasteiger partial charge is 0.210 e. The largest absolute Gasteiger partial charge is 0.460 e. The molecule has 4 heteroatoms. The SMILES string of the molecule is Cc1cc(C)c2oc(C)c(S(=O)(=O)c3ccccc3)c2c1. The van der Waals surface area contributed by atoms with Crippen molar-refractivity contribution in [2.75, 3.05) is 0 Å². The Hall–Kier alpha value is -2.07. The first-order valence-corrected chi connectivity index (χ1v) is 8.20. The molecule has 3 aromatic rings. The highest BCUT2D eigenvalue weighted by Crippen LogP contribution is 2.35. The van der Waals surface area contributed by atoms with E-state index >= 15 is 0 Å². The van der Waals surface area contributed by atoms with Crippen molar-refractivity contribution in [3.63, 3.8) is 0 Å². The van der Waals surface area contributed by atoms with Crippen molar-refractivity contribution < 1.29 is 12.8 Å². The summed E-state index contributed by atoms with van der Waals surface area (Å²) >= 11 is 0. The Labute approximate surface area is 124 Å². The Morgan fingerprint density at radius 1 is 0.952 bits per heavy atom. The van der Waals surface area contributed by atoms with Crippen LogP contribution < -0.4 is 0 Å². The van der Waals surface area contributed by atoms with Gasteiger partial charge < -0.3 is 4.42 Å². The van der Waals surface area contributed by atoms with Crippen molar-refractivity contribution in [1.82, 2.24) is 0 Å². The molecule has 0 saturated carbocycles. The van der Waals surface area contributed by atoms with Gasteiger partial charge in [-0.05, 0) is 50.1 Å². The number of furan rings is 1. The Bertz CT molecular complexity index is 920. The highest BCUT2D eigenvalue weighted by Gasteiger charge is 2.26. The van der Waals surface area contributed by atoms with Crippen LogP contribution in [0.4, 0.5) is 0 Å². The van der Waals surface area contributed by atoms with E-state index in [4.69, 9.17) is 4.42 Å². The predicted molar refractivity (Wildman–Crippen MR) is 82.3 cm³/mol. The first-order valence-electron chi connectivity index (χ1n) is 6.72. The Morgan fingerprint density at radius 2 is 1.62 bits per heavy atom. The molecule has 0 aliphatic rings. The van der Waals surface area contributed by atoms with Gasteiger partial charge in [0.1, 0.15) is 16.2 Å². The summed E-state index contributed by atoms with van der Waals surface area (Å²) in [4.78, 5) is 0.561. The van der Waals surface area contributed by atoms with Crippen LogP contribution >= 0.6 is 0 Å². The molecule has 0 unspecified atom stereocenters. The van der Waals surface area contributed by atoms with Gasteiger partial charge in [0, 0.05) is 5.39 Å². The highest BCUT2D eigenvalue weighted by atomic mass is 32.2. The van der Waals surface area contributed by atoms with Crippen LogP contribution in [0.25, 0.3) is 11.0 Å². The van der Waals surface area contributed by atoms with E-state index in [-0.39, 0.29) is 9.79 Å². The van der Waals surface area contributed by atoms with Crippen LogP contribution in [0.5, 0.6) is 0 Å². The average Bonchev–Trinajstić information content (AvgIpc) is 2.77. The van der Waals surface area contributed by atoms with Gasteiger partial charge in [-0.15, -0.1) is 0 Å². The summed E-state index contributed by atoms with van der Waals surface area (Å²) in [5.41, 5.74) is 2.61. The molecular weight excluding hydrogens is 284 g/mol. The van der Waals surface area contributed by atoms with Crippen molar-refractivity contribution in [3.05, 3.63) is 59.4 Å². The summed E-state index contributed by atoms with van der Waals surface area (Å²) in [5, 5.41) is 0.661. The molecule has 0 bridgehead atoms. The highest BCUT2D eigenvalue weighted by molar-refractivity contribution is 7.91.